The zero-order valence-corrected chi connectivity index (χ0v) is 9.32. The number of aliphatic carboxylic acids is 1. The summed E-state index contributed by atoms with van der Waals surface area (Å²) in [5.74, 6) is 0.0917. The van der Waals surface area contributed by atoms with Crippen LogP contribution in [-0.4, -0.2) is 22.3 Å². The van der Waals surface area contributed by atoms with Gasteiger partial charge in [-0.3, -0.25) is 4.79 Å². The van der Waals surface area contributed by atoms with Gasteiger partial charge in [-0.1, -0.05) is 19.3 Å². The van der Waals surface area contributed by atoms with Crippen LogP contribution in [0, 0.1) is 5.92 Å². The van der Waals surface area contributed by atoms with Gasteiger partial charge >= 0.3 is 5.97 Å². The summed E-state index contributed by atoms with van der Waals surface area (Å²) in [6, 6.07) is 0. The van der Waals surface area contributed by atoms with Gasteiger partial charge in [0.15, 0.2) is 0 Å². The lowest BCUT2D eigenvalue weighted by Crippen LogP contribution is -2.18. The average molecular weight is 214 g/mol. The molecule has 0 aromatic rings. The Bertz CT molecular complexity index is 183. The Morgan fingerprint density at radius 3 is 2.33 bits per heavy atom. The molecule has 0 saturated heterocycles. The van der Waals surface area contributed by atoms with Crippen LogP contribution in [0.2, 0.25) is 0 Å². The van der Waals surface area contributed by atoms with Crippen molar-refractivity contribution in [3.05, 3.63) is 0 Å². The molecule has 2 N–H and O–H groups in total. The van der Waals surface area contributed by atoms with Crippen molar-refractivity contribution >= 4 is 5.97 Å². The Hall–Kier alpha value is -0.570. The molecule has 0 radical (unpaired) electrons. The molecule has 1 aliphatic rings. The number of carbonyl (C=O) groups is 1. The Kier molecular flexibility index (Phi) is 5.69. The molecule has 0 aliphatic heterocycles. The van der Waals surface area contributed by atoms with Gasteiger partial charge in [-0.05, 0) is 38.0 Å². The lowest BCUT2D eigenvalue weighted by Gasteiger charge is -2.25. The lowest BCUT2D eigenvalue weighted by molar-refractivity contribution is -0.137. The first-order valence-corrected chi connectivity index (χ1v) is 6.08. The van der Waals surface area contributed by atoms with Gasteiger partial charge in [-0.25, -0.2) is 0 Å². The van der Waals surface area contributed by atoms with Crippen molar-refractivity contribution in [2.45, 2.75) is 63.9 Å². The molecule has 0 aromatic carbocycles. The van der Waals surface area contributed by atoms with Gasteiger partial charge in [-0.2, -0.15) is 0 Å². The summed E-state index contributed by atoms with van der Waals surface area (Å²) in [5, 5.41) is 17.8. The highest BCUT2D eigenvalue weighted by atomic mass is 16.4. The van der Waals surface area contributed by atoms with Crippen LogP contribution in [0.1, 0.15) is 57.8 Å². The van der Waals surface area contributed by atoms with Crippen molar-refractivity contribution in [1.29, 1.82) is 0 Å². The molecule has 1 rings (SSSR count). The molecule has 0 aromatic heterocycles. The van der Waals surface area contributed by atoms with E-state index in [0.717, 1.165) is 50.9 Å². The summed E-state index contributed by atoms with van der Waals surface area (Å²) < 4.78 is 0. The number of carboxylic acids is 1. The van der Waals surface area contributed by atoms with Gasteiger partial charge in [0.05, 0.1) is 6.10 Å². The monoisotopic (exact) mass is 214 g/mol. The van der Waals surface area contributed by atoms with Crippen molar-refractivity contribution in [3.63, 3.8) is 0 Å². The summed E-state index contributed by atoms with van der Waals surface area (Å²) in [5.41, 5.74) is 0. The van der Waals surface area contributed by atoms with E-state index >= 15 is 0 Å². The maximum absolute atomic E-state index is 10.3. The van der Waals surface area contributed by atoms with E-state index in [1.165, 1.54) is 6.42 Å². The maximum Gasteiger partial charge on any atom is 0.303 e. The van der Waals surface area contributed by atoms with Gasteiger partial charge < -0.3 is 10.2 Å². The molecule has 3 nitrogen and oxygen atoms in total. The molecule has 0 heterocycles. The normalized spacial score (nSPS) is 26.5. The summed E-state index contributed by atoms with van der Waals surface area (Å²) in [4.78, 5) is 10.3. The van der Waals surface area contributed by atoms with Crippen LogP contribution < -0.4 is 0 Å². The molecule has 0 atom stereocenters. The smallest absolute Gasteiger partial charge is 0.303 e. The summed E-state index contributed by atoms with van der Waals surface area (Å²) in [6.45, 7) is 0. The second-order valence-corrected chi connectivity index (χ2v) is 4.67. The van der Waals surface area contributed by atoms with Gasteiger partial charge in [-0.15, -0.1) is 0 Å². The van der Waals surface area contributed by atoms with E-state index in [9.17, 15) is 9.90 Å². The third-order valence-electron chi connectivity index (χ3n) is 3.32. The quantitative estimate of drug-likeness (QED) is 0.668. The molecule has 0 unspecified atom stereocenters. The highest BCUT2D eigenvalue weighted by Gasteiger charge is 2.18. The Labute approximate surface area is 91.5 Å². The van der Waals surface area contributed by atoms with Crippen LogP contribution in [0.25, 0.3) is 0 Å². The fourth-order valence-corrected chi connectivity index (χ4v) is 2.32. The van der Waals surface area contributed by atoms with Gasteiger partial charge in [0.2, 0.25) is 0 Å². The van der Waals surface area contributed by atoms with Crippen molar-refractivity contribution in [1.82, 2.24) is 0 Å². The molecule has 1 aliphatic carbocycles. The van der Waals surface area contributed by atoms with Crippen molar-refractivity contribution < 1.29 is 15.0 Å². The van der Waals surface area contributed by atoms with Gasteiger partial charge in [0.1, 0.15) is 0 Å². The standard InChI is InChI=1S/C12H22O3/c13-11-8-6-10(7-9-11)4-2-1-3-5-12(14)15/h10-11,13H,1-9H2,(H,14,15)/t10-,11+. The van der Waals surface area contributed by atoms with E-state index in [0.29, 0.717) is 6.42 Å². The second kappa shape index (κ2) is 6.83. The van der Waals surface area contributed by atoms with Crippen LogP contribution in [0.3, 0.4) is 0 Å². The minimum atomic E-state index is -0.684. The van der Waals surface area contributed by atoms with E-state index < -0.39 is 5.97 Å². The van der Waals surface area contributed by atoms with Crippen LogP contribution in [0.5, 0.6) is 0 Å². The third-order valence-corrected chi connectivity index (χ3v) is 3.32. The van der Waals surface area contributed by atoms with E-state index in [-0.39, 0.29) is 6.10 Å². The highest BCUT2D eigenvalue weighted by molar-refractivity contribution is 5.66. The Morgan fingerprint density at radius 2 is 1.73 bits per heavy atom. The van der Waals surface area contributed by atoms with E-state index in [1.807, 2.05) is 0 Å². The lowest BCUT2D eigenvalue weighted by atomic mass is 9.84. The van der Waals surface area contributed by atoms with Crippen LogP contribution in [0.15, 0.2) is 0 Å². The number of hydrogen-bond acceptors (Lipinski definition) is 2. The molecular formula is C12H22O3. The number of aliphatic hydroxyl groups is 1. The van der Waals surface area contributed by atoms with Crippen LogP contribution in [-0.2, 0) is 4.79 Å². The number of hydrogen-bond donors (Lipinski definition) is 2. The van der Waals surface area contributed by atoms with E-state index in [2.05, 4.69) is 0 Å². The first-order valence-electron chi connectivity index (χ1n) is 6.08. The molecule has 0 bridgehead atoms. The molecule has 0 spiro atoms. The average Bonchev–Trinajstić information content (AvgIpc) is 2.20. The van der Waals surface area contributed by atoms with E-state index in [4.69, 9.17) is 5.11 Å². The minimum absolute atomic E-state index is 0.0618. The maximum atomic E-state index is 10.3. The third kappa shape index (κ3) is 5.78. The van der Waals surface area contributed by atoms with Crippen molar-refractivity contribution in [2.75, 3.05) is 0 Å². The number of rotatable bonds is 6. The topological polar surface area (TPSA) is 57.5 Å². The van der Waals surface area contributed by atoms with Gasteiger partial charge in [0.25, 0.3) is 0 Å². The van der Waals surface area contributed by atoms with Crippen LogP contribution >= 0.6 is 0 Å². The molecule has 1 fully saturated rings. The van der Waals surface area contributed by atoms with Gasteiger partial charge in [0, 0.05) is 6.42 Å². The molecule has 3 heteroatoms. The zero-order valence-electron chi connectivity index (χ0n) is 9.32. The molecule has 88 valence electrons. The summed E-state index contributed by atoms with van der Waals surface area (Å²) in [6.07, 6.45) is 8.67. The van der Waals surface area contributed by atoms with Crippen LogP contribution in [0.4, 0.5) is 0 Å². The largest absolute Gasteiger partial charge is 0.481 e. The molecule has 15 heavy (non-hydrogen) atoms. The Morgan fingerprint density at radius 1 is 1.07 bits per heavy atom. The minimum Gasteiger partial charge on any atom is -0.481 e. The first-order chi connectivity index (χ1) is 7.18. The highest BCUT2D eigenvalue weighted by Crippen LogP contribution is 2.28. The molecule has 1 saturated carbocycles. The fourth-order valence-electron chi connectivity index (χ4n) is 2.32. The van der Waals surface area contributed by atoms with Crippen molar-refractivity contribution in [2.24, 2.45) is 5.92 Å². The molecule has 0 amide bonds. The number of aliphatic hydroxyl groups excluding tert-OH is 1. The number of unbranched alkanes of at least 4 members (excludes halogenated alkanes) is 2. The summed E-state index contributed by atoms with van der Waals surface area (Å²) in [7, 11) is 0. The first kappa shape index (κ1) is 12.5. The molecular weight excluding hydrogens is 192 g/mol. The van der Waals surface area contributed by atoms with E-state index in [1.54, 1.807) is 0 Å². The SMILES string of the molecule is O=C(O)CCCCC[C@H]1CC[C@@H](O)CC1. The second-order valence-electron chi connectivity index (χ2n) is 4.67. The fraction of sp³-hybridized carbons (Fsp3) is 0.917. The zero-order chi connectivity index (χ0) is 11.1. The predicted molar refractivity (Wildman–Crippen MR) is 58.7 cm³/mol. The predicted octanol–water partition coefficient (Wildman–Crippen LogP) is 2.57. The number of carboxylic acid groups (broad SMARTS) is 1. The Balaban J connectivity index is 1.94. The van der Waals surface area contributed by atoms with Crippen molar-refractivity contribution in [3.8, 4) is 0 Å². The summed E-state index contributed by atoms with van der Waals surface area (Å²) >= 11 is 0.